The van der Waals surface area contributed by atoms with E-state index in [9.17, 15) is 14.4 Å². The lowest BCUT2D eigenvalue weighted by Crippen LogP contribution is -2.52. The van der Waals surface area contributed by atoms with Gasteiger partial charge in [0.1, 0.15) is 17.8 Å². The van der Waals surface area contributed by atoms with Crippen LogP contribution in [0.3, 0.4) is 0 Å². The van der Waals surface area contributed by atoms with Crippen molar-refractivity contribution in [2.75, 3.05) is 26.7 Å². The summed E-state index contributed by atoms with van der Waals surface area (Å²) in [6.45, 7) is 6.09. The molecule has 1 aromatic carbocycles. The van der Waals surface area contributed by atoms with Crippen LogP contribution in [0.5, 0.6) is 5.75 Å². The Balaban J connectivity index is 1.71. The molecular formula is C20H27N3O5. The van der Waals surface area contributed by atoms with Crippen molar-refractivity contribution in [2.24, 2.45) is 0 Å². The van der Waals surface area contributed by atoms with Gasteiger partial charge in [0, 0.05) is 19.5 Å². The average Bonchev–Trinajstić information content (AvgIpc) is 2.84. The van der Waals surface area contributed by atoms with Gasteiger partial charge in [0.15, 0.2) is 0 Å². The number of carbonyl (C=O) groups is 3. The summed E-state index contributed by atoms with van der Waals surface area (Å²) in [5.41, 5.74) is -0.317. The highest BCUT2D eigenvalue weighted by Gasteiger charge is 2.49. The van der Waals surface area contributed by atoms with Crippen LogP contribution in [0.1, 0.15) is 26.3 Å². The van der Waals surface area contributed by atoms with Gasteiger partial charge in [-0.05, 0) is 32.4 Å². The van der Waals surface area contributed by atoms with Crippen LogP contribution in [0.2, 0.25) is 0 Å². The molecule has 2 saturated heterocycles. The van der Waals surface area contributed by atoms with Crippen molar-refractivity contribution >= 4 is 17.8 Å². The minimum Gasteiger partial charge on any atom is -0.496 e. The molecule has 0 unspecified atom stereocenters. The molecule has 0 aromatic heterocycles. The number of nitrogens with one attached hydrogen (secondary N) is 1. The molecule has 2 heterocycles. The lowest BCUT2D eigenvalue weighted by molar-refractivity contribution is -0.146. The molecule has 2 aliphatic rings. The predicted octanol–water partition coefficient (Wildman–Crippen LogP) is 1.18. The third kappa shape index (κ3) is 3.96. The summed E-state index contributed by atoms with van der Waals surface area (Å²) >= 11 is 0. The van der Waals surface area contributed by atoms with Crippen molar-refractivity contribution in [3.63, 3.8) is 0 Å². The maximum atomic E-state index is 13.0. The zero-order chi connectivity index (χ0) is 20.5. The Bertz CT molecular complexity index is 773. The van der Waals surface area contributed by atoms with Gasteiger partial charge in [0.2, 0.25) is 5.91 Å². The number of carbonyl (C=O) groups excluding carboxylic acids is 3. The van der Waals surface area contributed by atoms with Gasteiger partial charge in [0.05, 0.1) is 19.3 Å². The number of urea groups is 1. The maximum Gasteiger partial charge on any atom is 0.325 e. The Labute approximate surface area is 164 Å². The van der Waals surface area contributed by atoms with Crippen LogP contribution in [-0.4, -0.2) is 72.1 Å². The highest BCUT2D eigenvalue weighted by atomic mass is 16.5. The molecule has 0 saturated carbocycles. The summed E-state index contributed by atoms with van der Waals surface area (Å²) in [4.78, 5) is 40.8. The summed E-state index contributed by atoms with van der Waals surface area (Å²) in [6, 6.07) is 6.81. The van der Waals surface area contributed by atoms with E-state index in [0.717, 1.165) is 10.5 Å². The fourth-order valence-corrected chi connectivity index (χ4v) is 3.86. The second-order valence-electron chi connectivity index (χ2n) is 7.70. The molecule has 28 heavy (non-hydrogen) atoms. The minimum atomic E-state index is -1.13. The summed E-state index contributed by atoms with van der Waals surface area (Å²) < 4.78 is 11.0. The lowest BCUT2D eigenvalue weighted by Gasteiger charge is -2.35. The molecule has 2 aliphatic heterocycles. The van der Waals surface area contributed by atoms with E-state index >= 15 is 0 Å². The number of morpholine rings is 1. The number of hydrogen-bond acceptors (Lipinski definition) is 5. The van der Waals surface area contributed by atoms with E-state index in [4.69, 9.17) is 9.47 Å². The number of methoxy groups -OCH3 is 1. The summed E-state index contributed by atoms with van der Waals surface area (Å²) in [5.74, 6) is -0.0188. The zero-order valence-electron chi connectivity index (χ0n) is 16.7. The van der Waals surface area contributed by atoms with Gasteiger partial charge in [-0.1, -0.05) is 18.2 Å². The third-order valence-electron chi connectivity index (χ3n) is 5.15. The van der Waals surface area contributed by atoms with Crippen LogP contribution in [-0.2, 0) is 20.7 Å². The first-order chi connectivity index (χ1) is 13.2. The Kier molecular flexibility index (Phi) is 5.60. The minimum absolute atomic E-state index is 0.0772. The smallest absolute Gasteiger partial charge is 0.325 e. The zero-order valence-corrected chi connectivity index (χ0v) is 16.7. The highest BCUT2D eigenvalue weighted by molar-refractivity contribution is 6.09. The van der Waals surface area contributed by atoms with E-state index in [2.05, 4.69) is 5.32 Å². The fourth-order valence-electron chi connectivity index (χ4n) is 3.86. The summed E-state index contributed by atoms with van der Waals surface area (Å²) in [5, 5.41) is 2.74. The van der Waals surface area contributed by atoms with E-state index < -0.39 is 17.5 Å². The van der Waals surface area contributed by atoms with Crippen molar-refractivity contribution in [3.8, 4) is 5.75 Å². The molecule has 0 radical (unpaired) electrons. The van der Waals surface area contributed by atoms with Crippen LogP contribution >= 0.6 is 0 Å². The first kappa shape index (κ1) is 20.1. The van der Waals surface area contributed by atoms with Gasteiger partial charge >= 0.3 is 6.03 Å². The molecule has 1 N–H and O–H groups in total. The number of amides is 4. The molecule has 8 nitrogen and oxygen atoms in total. The van der Waals surface area contributed by atoms with Gasteiger partial charge in [-0.25, -0.2) is 4.79 Å². The van der Waals surface area contributed by atoms with E-state index in [1.807, 2.05) is 38.1 Å². The number of rotatable bonds is 5. The quantitative estimate of drug-likeness (QED) is 0.764. The monoisotopic (exact) mass is 389 g/mol. The molecule has 3 atom stereocenters. The van der Waals surface area contributed by atoms with Crippen molar-refractivity contribution < 1.29 is 23.9 Å². The Morgan fingerprint density at radius 1 is 1.25 bits per heavy atom. The highest BCUT2D eigenvalue weighted by Crippen LogP contribution is 2.27. The van der Waals surface area contributed by atoms with Crippen LogP contribution < -0.4 is 10.1 Å². The van der Waals surface area contributed by atoms with E-state index in [1.54, 1.807) is 18.9 Å². The number of benzene rings is 1. The normalized spacial score (nSPS) is 27.7. The van der Waals surface area contributed by atoms with Crippen LogP contribution in [0, 0.1) is 0 Å². The Morgan fingerprint density at radius 2 is 1.89 bits per heavy atom. The number of ether oxygens (including phenoxy) is 2. The predicted molar refractivity (Wildman–Crippen MR) is 102 cm³/mol. The summed E-state index contributed by atoms with van der Waals surface area (Å²) in [6.07, 6.45) is 0.121. The number of hydrogen-bond donors (Lipinski definition) is 1. The molecule has 0 bridgehead atoms. The van der Waals surface area contributed by atoms with Crippen molar-refractivity contribution in [2.45, 2.75) is 44.9 Å². The molecule has 4 amide bonds. The van der Waals surface area contributed by atoms with Crippen LogP contribution in [0.25, 0.3) is 0 Å². The lowest BCUT2D eigenvalue weighted by atomic mass is 9.92. The largest absolute Gasteiger partial charge is 0.496 e. The summed E-state index contributed by atoms with van der Waals surface area (Å²) in [7, 11) is 1.56. The molecule has 3 rings (SSSR count). The molecule has 1 aromatic rings. The first-order valence-corrected chi connectivity index (χ1v) is 9.42. The van der Waals surface area contributed by atoms with Gasteiger partial charge < -0.3 is 19.7 Å². The molecule has 8 heteroatoms. The molecule has 0 spiro atoms. The Morgan fingerprint density at radius 3 is 2.54 bits per heavy atom. The van der Waals surface area contributed by atoms with Crippen LogP contribution in [0.15, 0.2) is 24.3 Å². The number of nitrogens with zero attached hydrogens (tertiary/aromatic N) is 2. The number of imide groups is 1. The van der Waals surface area contributed by atoms with E-state index in [-0.39, 0.29) is 31.1 Å². The molecule has 0 aliphatic carbocycles. The molecular weight excluding hydrogens is 362 g/mol. The SMILES string of the molecule is COc1ccccc1C[C@@]1(C)NC(=O)N(CC(=O)N2C[C@@H](C)O[C@H](C)C2)C1=O. The van der Waals surface area contributed by atoms with Gasteiger partial charge in [-0.15, -0.1) is 0 Å². The third-order valence-corrected chi connectivity index (χ3v) is 5.15. The van der Waals surface area contributed by atoms with Gasteiger partial charge in [-0.3, -0.25) is 14.5 Å². The van der Waals surface area contributed by atoms with E-state index in [0.29, 0.717) is 18.8 Å². The fraction of sp³-hybridized carbons (Fsp3) is 0.550. The molecule has 152 valence electrons. The maximum absolute atomic E-state index is 13.0. The number of para-hydroxylation sites is 1. The van der Waals surface area contributed by atoms with Gasteiger partial charge in [-0.2, -0.15) is 0 Å². The Hall–Kier alpha value is -2.61. The second-order valence-corrected chi connectivity index (χ2v) is 7.70. The van der Waals surface area contributed by atoms with Crippen molar-refractivity contribution in [1.29, 1.82) is 0 Å². The standard InChI is InChI=1S/C20H27N3O5/c1-13-10-22(11-14(2)28-13)17(24)12-23-18(25)20(3,21-19(23)26)9-15-7-5-6-8-16(15)27-4/h5-8,13-14H,9-12H2,1-4H3,(H,21,26)/t13-,14-,20-/m1/s1. The van der Waals surface area contributed by atoms with E-state index in [1.165, 1.54) is 0 Å². The topological polar surface area (TPSA) is 88.2 Å². The first-order valence-electron chi connectivity index (χ1n) is 9.42. The second kappa shape index (κ2) is 7.79. The van der Waals surface area contributed by atoms with Gasteiger partial charge in [0.25, 0.3) is 5.91 Å². The molecule has 2 fully saturated rings. The van der Waals surface area contributed by atoms with Crippen molar-refractivity contribution in [1.82, 2.24) is 15.1 Å². The average molecular weight is 389 g/mol. The van der Waals surface area contributed by atoms with Crippen molar-refractivity contribution in [3.05, 3.63) is 29.8 Å². The van der Waals surface area contributed by atoms with Crippen LogP contribution in [0.4, 0.5) is 4.79 Å².